The van der Waals surface area contributed by atoms with Gasteiger partial charge in [-0.25, -0.2) is 0 Å². The Morgan fingerprint density at radius 3 is 2.75 bits per heavy atom. The van der Waals surface area contributed by atoms with E-state index in [-0.39, 0.29) is 8.80 Å². The minimum atomic E-state index is 0.0221. The maximum Gasteiger partial charge on any atom is 0.0844 e. The molecule has 0 aromatic rings. The number of ether oxygens (including phenoxy) is 1. The Balaban J connectivity index is 1.67. The van der Waals surface area contributed by atoms with Gasteiger partial charge in [-0.3, -0.25) is 0 Å². The third-order valence-electron chi connectivity index (χ3n) is 3.17. The Kier molecular flexibility index (Phi) is 2.56. The van der Waals surface area contributed by atoms with Crippen molar-refractivity contribution in [1.29, 1.82) is 0 Å². The molecule has 0 aromatic heterocycles. The summed E-state index contributed by atoms with van der Waals surface area (Å²) in [6.07, 6.45) is 7.02. The summed E-state index contributed by atoms with van der Waals surface area (Å²) >= 11 is 0. The number of fused-ring (bicyclic) bond motifs is 1. The van der Waals surface area contributed by atoms with Gasteiger partial charge in [-0.15, -0.1) is 0 Å². The van der Waals surface area contributed by atoms with Gasteiger partial charge in [-0.2, -0.15) is 0 Å². The number of epoxide rings is 1. The fourth-order valence-electron chi connectivity index (χ4n) is 2.24. The van der Waals surface area contributed by atoms with Gasteiger partial charge < -0.3 is 4.74 Å². The van der Waals surface area contributed by atoms with Gasteiger partial charge >= 0.3 is 0 Å². The van der Waals surface area contributed by atoms with Gasteiger partial charge in [-0.1, -0.05) is 25.6 Å². The van der Waals surface area contributed by atoms with Gasteiger partial charge in [-0.05, 0) is 25.2 Å². The Bertz CT molecular complexity index is 158. The fraction of sp³-hybridized carbons (Fsp3) is 1.00. The van der Waals surface area contributed by atoms with Crippen LogP contribution in [-0.2, 0) is 4.74 Å². The van der Waals surface area contributed by atoms with E-state index in [1.807, 2.05) is 0 Å². The summed E-state index contributed by atoms with van der Waals surface area (Å²) in [5, 5.41) is 0. The second-order valence-electron chi connectivity index (χ2n) is 4.64. The quantitative estimate of drug-likeness (QED) is 0.484. The van der Waals surface area contributed by atoms with Crippen molar-refractivity contribution in [2.24, 2.45) is 5.92 Å². The molecule has 0 bridgehead atoms. The van der Waals surface area contributed by atoms with Crippen LogP contribution < -0.4 is 0 Å². The van der Waals surface area contributed by atoms with E-state index in [2.05, 4.69) is 13.1 Å². The van der Waals surface area contributed by atoms with E-state index >= 15 is 0 Å². The van der Waals surface area contributed by atoms with E-state index in [9.17, 15) is 0 Å². The molecule has 3 unspecified atom stereocenters. The first-order valence-electron chi connectivity index (χ1n) is 5.20. The maximum atomic E-state index is 5.52. The molecular formula is C10H19OSi. The second-order valence-corrected chi connectivity index (χ2v) is 7.55. The number of hydrogen-bond acceptors (Lipinski definition) is 1. The van der Waals surface area contributed by atoms with E-state index in [0.717, 1.165) is 5.92 Å². The van der Waals surface area contributed by atoms with Gasteiger partial charge in [0.25, 0.3) is 0 Å². The van der Waals surface area contributed by atoms with Crippen molar-refractivity contribution >= 4 is 8.80 Å². The Labute approximate surface area is 77.1 Å². The second kappa shape index (κ2) is 3.50. The third-order valence-corrected chi connectivity index (χ3v) is 4.45. The zero-order valence-electron chi connectivity index (χ0n) is 8.18. The summed E-state index contributed by atoms with van der Waals surface area (Å²) in [4.78, 5) is 0. The fourth-order valence-corrected chi connectivity index (χ4v) is 3.23. The molecule has 2 rings (SSSR count). The molecule has 0 amide bonds. The van der Waals surface area contributed by atoms with Crippen LogP contribution in [0.3, 0.4) is 0 Å². The molecule has 2 heteroatoms. The van der Waals surface area contributed by atoms with E-state index in [0.29, 0.717) is 12.2 Å². The first-order valence-corrected chi connectivity index (χ1v) is 7.91. The van der Waals surface area contributed by atoms with Crippen LogP contribution in [0.15, 0.2) is 0 Å². The Morgan fingerprint density at radius 1 is 1.25 bits per heavy atom. The molecule has 1 heterocycles. The monoisotopic (exact) mass is 183 g/mol. The molecule has 1 radical (unpaired) electrons. The first-order chi connectivity index (χ1) is 5.75. The van der Waals surface area contributed by atoms with Crippen molar-refractivity contribution in [3.8, 4) is 0 Å². The van der Waals surface area contributed by atoms with Crippen molar-refractivity contribution in [2.45, 2.75) is 57.0 Å². The van der Waals surface area contributed by atoms with Crippen LogP contribution in [0.2, 0.25) is 19.1 Å². The molecule has 2 fully saturated rings. The zero-order valence-corrected chi connectivity index (χ0v) is 9.18. The highest BCUT2D eigenvalue weighted by molar-refractivity contribution is 6.55. The molecule has 0 spiro atoms. The topological polar surface area (TPSA) is 12.5 Å². The molecular weight excluding hydrogens is 164 g/mol. The number of hydrogen-bond donors (Lipinski definition) is 0. The van der Waals surface area contributed by atoms with E-state index in [4.69, 9.17) is 4.74 Å². The molecule has 12 heavy (non-hydrogen) atoms. The van der Waals surface area contributed by atoms with Gasteiger partial charge in [0.05, 0.1) is 12.2 Å². The molecule has 69 valence electrons. The van der Waals surface area contributed by atoms with Gasteiger partial charge in [0.15, 0.2) is 0 Å². The predicted molar refractivity (Wildman–Crippen MR) is 52.9 cm³/mol. The van der Waals surface area contributed by atoms with Crippen molar-refractivity contribution < 1.29 is 4.74 Å². The van der Waals surface area contributed by atoms with E-state index in [1.165, 1.54) is 31.7 Å². The first kappa shape index (κ1) is 8.76. The standard InChI is InChI=1S/C10H19OSi/c1-12(2)6-5-8-3-4-9-10(7-8)11-9/h8-10H,3-7H2,1-2H3. The lowest BCUT2D eigenvalue weighted by atomic mass is 9.88. The summed E-state index contributed by atoms with van der Waals surface area (Å²) in [7, 11) is 0.0221. The third kappa shape index (κ3) is 2.11. The summed E-state index contributed by atoms with van der Waals surface area (Å²) in [6, 6.07) is 1.51. The molecule has 3 atom stereocenters. The summed E-state index contributed by atoms with van der Waals surface area (Å²) in [5.74, 6) is 1.01. The van der Waals surface area contributed by atoms with Crippen molar-refractivity contribution in [3.05, 3.63) is 0 Å². The lowest BCUT2D eigenvalue weighted by Gasteiger charge is -2.19. The molecule has 1 saturated heterocycles. The van der Waals surface area contributed by atoms with Crippen LogP contribution in [0.25, 0.3) is 0 Å². The minimum Gasteiger partial charge on any atom is -0.370 e. The molecule has 2 aliphatic rings. The Morgan fingerprint density at radius 2 is 2.08 bits per heavy atom. The molecule has 1 saturated carbocycles. The normalized spacial score (nSPS) is 39.8. The average molecular weight is 183 g/mol. The lowest BCUT2D eigenvalue weighted by Crippen LogP contribution is -2.14. The number of rotatable bonds is 3. The van der Waals surface area contributed by atoms with Gasteiger partial charge in [0.2, 0.25) is 0 Å². The molecule has 0 N–H and O–H groups in total. The lowest BCUT2D eigenvalue weighted by molar-refractivity contribution is 0.357. The predicted octanol–water partition coefficient (Wildman–Crippen LogP) is 2.70. The average Bonchev–Trinajstić information content (AvgIpc) is 2.78. The van der Waals surface area contributed by atoms with Crippen LogP contribution in [0, 0.1) is 5.92 Å². The molecule has 1 aliphatic heterocycles. The Hall–Kier alpha value is 0.177. The summed E-state index contributed by atoms with van der Waals surface area (Å²) in [6.45, 7) is 4.84. The maximum absolute atomic E-state index is 5.52. The highest BCUT2D eigenvalue weighted by atomic mass is 28.3. The summed E-state index contributed by atoms with van der Waals surface area (Å²) in [5.41, 5.74) is 0. The van der Waals surface area contributed by atoms with E-state index in [1.54, 1.807) is 0 Å². The molecule has 1 aliphatic carbocycles. The summed E-state index contributed by atoms with van der Waals surface area (Å²) < 4.78 is 5.52. The highest BCUT2D eigenvalue weighted by Gasteiger charge is 2.43. The van der Waals surface area contributed by atoms with Crippen LogP contribution in [0.4, 0.5) is 0 Å². The van der Waals surface area contributed by atoms with Crippen LogP contribution >= 0.6 is 0 Å². The van der Waals surface area contributed by atoms with E-state index < -0.39 is 0 Å². The highest BCUT2D eigenvalue weighted by Crippen LogP contribution is 2.41. The molecule has 1 nitrogen and oxygen atoms in total. The smallest absolute Gasteiger partial charge is 0.0844 e. The van der Waals surface area contributed by atoms with Crippen LogP contribution in [-0.4, -0.2) is 21.0 Å². The largest absolute Gasteiger partial charge is 0.370 e. The van der Waals surface area contributed by atoms with Gasteiger partial charge in [0, 0.05) is 8.80 Å². The van der Waals surface area contributed by atoms with Crippen molar-refractivity contribution in [3.63, 3.8) is 0 Å². The SMILES string of the molecule is C[Si](C)CCC1CCC2OC2C1. The minimum absolute atomic E-state index is 0.0221. The van der Waals surface area contributed by atoms with Gasteiger partial charge in [0.1, 0.15) is 0 Å². The molecule has 0 aromatic carbocycles. The van der Waals surface area contributed by atoms with Crippen molar-refractivity contribution in [1.82, 2.24) is 0 Å². The zero-order chi connectivity index (χ0) is 8.55. The van der Waals surface area contributed by atoms with Crippen LogP contribution in [0.5, 0.6) is 0 Å². The van der Waals surface area contributed by atoms with Crippen LogP contribution in [0.1, 0.15) is 25.7 Å². The van der Waals surface area contributed by atoms with Crippen molar-refractivity contribution in [2.75, 3.05) is 0 Å².